The Labute approximate surface area is 110 Å². The zero-order valence-electron chi connectivity index (χ0n) is 11.2. The molecule has 2 fully saturated rings. The molecule has 4 heteroatoms. The number of hydrogen-bond acceptors (Lipinski definition) is 3. The fourth-order valence-corrected chi connectivity index (χ4v) is 3.24. The molecule has 3 N–H and O–H groups in total. The topological polar surface area (TPSA) is 61.4 Å². The lowest BCUT2D eigenvalue weighted by Gasteiger charge is -2.36. The van der Waals surface area contributed by atoms with Crippen LogP contribution in [0.25, 0.3) is 0 Å². The average Bonchev–Trinajstić information content (AvgIpc) is 2.90. The SMILES string of the molecule is O=C(CNC1(CO)CCCCC1)NC1CCCC1. The van der Waals surface area contributed by atoms with Crippen molar-refractivity contribution in [3.63, 3.8) is 0 Å². The van der Waals surface area contributed by atoms with Gasteiger partial charge in [-0.15, -0.1) is 0 Å². The van der Waals surface area contributed by atoms with Gasteiger partial charge in [-0.25, -0.2) is 0 Å². The summed E-state index contributed by atoms with van der Waals surface area (Å²) in [5.74, 6) is 0.0836. The smallest absolute Gasteiger partial charge is 0.234 e. The molecule has 0 atom stereocenters. The summed E-state index contributed by atoms with van der Waals surface area (Å²) in [4.78, 5) is 11.8. The minimum atomic E-state index is -0.203. The first-order chi connectivity index (χ1) is 8.74. The molecular formula is C14H26N2O2. The average molecular weight is 254 g/mol. The van der Waals surface area contributed by atoms with Gasteiger partial charge in [-0.05, 0) is 25.7 Å². The number of rotatable bonds is 5. The molecule has 2 aliphatic rings. The summed E-state index contributed by atoms with van der Waals surface area (Å²) < 4.78 is 0. The molecule has 18 heavy (non-hydrogen) atoms. The quantitative estimate of drug-likeness (QED) is 0.693. The van der Waals surface area contributed by atoms with Gasteiger partial charge in [0.05, 0.1) is 13.2 Å². The van der Waals surface area contributed by atoms with Crippen molar-refractivity contribution in [1.29, 1.82) is 0 Å². The molecular weight excluding hydrogens is 228 g/mol. The molecule has 0 radical (unpaired) electrons. The first kappa shape index (κ1) is 13.8. The highest BCUT2D eigenvalue weighted by Gasteiger charge is 2.31. The summed E-state index contributed by atoms with van der Waals surface area (Å²) in [5, 5.41) is 15.9. The van der Waals surface area contributed by atoms with Crippen LogP contribution in [-0.2, 0) is 4.79 Å². The van der Waals surface area contributed by atoms with Crippen LogP contribution in [0.5, 0.6) is 0 Å². The fraction of sp³-hybridized carbons (Fsp3) is 0.929. The standard InChI is InChI=1S/C14H26N2O2/c17-11-14(8-4-1-5-9-14)15-10-13(18)16-12-6-2-3-7-12/h12,15,17H,1-11H2,(H,16,18). The highest BCUT2D eigenvalue weighted by molar-refractivity contribution is 5.78. The maximum atomic E-state index is 11.8. The van der Waals surface area contributed by atoms with Crippen LogP contribution in [0.15, 0.2) is 0 Å². The van der Waals surface area contributed by atoms with Crippen LogP contribution in [0.4, 0.5) is 0 Å². The largest absolute Gasteiger partial charge is 0.394 e. The fourth-order valence-electron chi connectivity index (χ4n) is 3.24. The van der Waals surface area contributed by atoms with Crippen LogP contribution in [0, 0.1) is 0 Å². The number of nitrogens with one attached hydrogen (secondary N) is 2. The third-order valence-corrected chi connectivity index (χ3v) is 4.46. The third kappa shape index (κ3) is 3.69. The number of amides is 1. The summed E-state index contributed by atoms with van der Waals surface area (Å²) in [6.45, 7) is 0.487. The molecule has 104 valence electrons. The molecule has 1 amide bonds. The Balaban J connectivity index is 1.73. The second kappa shape index (κ2) is 6.53. The van der Waals surface area contributed by atoms with Crippen molar-refractivity contribution in [3.05, 3.63) is 0 Å². The molecule has 2 rings (SSSR count). The van der Waals surface area contributed by atoms with Crippen LogP contribution < -0.4 is 10.6 Å². The van der Waals surface area contributed by atoms with E-state index >= 15 is 0 Å². The molecule has 0 saturated heterocycles. The van der Waals surface area contributed by atoms with Crippen molar-refractivity contribution in [1.82, 2.24) is 10.6 Å². The minimum Gasteiger partial charge on any atom is -0.394 e. The molecule has 0 aromatic rings. The van der Waals surface area contributed by atoms with Gasteiger partial charge in [-0.3, -0.25) is 4.79 Å². The number of aliphatic hydroxyl groups excluding tert-OH is 1. The summed E-state index contributed by atoms with van der Waals surface area (Å²) >= 11 is 0. The van der Waals surface area contributed by atoms with Gasteiger partial charge < -0.3 is 15.7 Å². The van der Waals surface area contributed by atoms with Crippen LogP contribution >= 0.6 is 0 Å². The normalized spacial score (nSPS) is 24.1. The van der Waals surface area contributed by atoms with E-state index < -0.39 is 0 Å². The Kier molecular flexibility index (Phi) is 5.01. The second-order valence-electron chi connectivity index (χ2n) is 5.90. The second-order valence-corrected chi connectivity index (χ2v) is 5.90. The van der Waals surface area contributed by atoms with Crippen LogP contribution in [0.3, 0.4) is 0 Å². The van der Waals surface area contributed by atoms with E-state index in [1.54, 1.807) is 0 Å². The first-order valence-corrected chi connectivity index (χ1v) is 7.39. The Morgan fingerprint density at radius 1 is 1.11 bits per heavy atom. The lowest BCUT2D eigenvalue weighted by Crippen LogP contribution is -2.53. The molecule has 0 aliphatic heterocycles. The van der Waals surface area contributed by atoms with Crippen LogP contribution in [-0.4, -0.2) is 35.7 Å². The number of hydrogen-bond donors (Lipinski definition) is 3. The van der Waals surface area contributed by atoms with Gasteiger partial charge in [0.1, 0.15) is 0 Å². The number of carbonyl (C=O) groups excluding carboxylic acids is 1. The molecule has 0 aromatic carbocycles. The highest BCUT2D eigenvalue weighted by atomic mass is 16.3. The van der Waals surface area contributed by atoms with Gasteiger partial charge in [0, 0.05) is 11.6 Å². The number of aliphatic hydroxyl groups is 1. The number of carbonyl (C=O) groups is 1. The first-order valence-electron chi connectivity index (χ1n) is 7.39. The third-order valence-electron chi connectivity index (χ3n) is 4.46. The molecule has 4 nitrogen and oxygen atoms in total. The molecule has 0 spiro atoms. The van der Waals surface area contributed by atoms with Crippen LogP contribution in [0.1, 0.15) is 57.8 Å². The maximum Gasteiger partial charge on any atom is 0.234 e. The van der Waals surface area contributed by atoms with E-state index in [2.05, 4.69) is 10.6 Å². The molecule has 2 aliphatic carbocycles. The van der Waals surface area contributed by atoms with E-state index in [-0.39, 0.29) is 18.1 Å². The van der Waals surface area contributed by atoms with E-state index in [0.29, 0.717) is 12.6 Å². The van der Waals surface area contributed by atoms with Crippen LogP contribution in [0.2, 0.25) is 0 Å². The van der Waals surface area contributed by atoms with Crippen molar-refractivity contribution in [2.45, 2.75) is 69.4 Å². The monoisotopic (exact) mass is 254 g/mol. The predicted octanol–water partition coefficient (Wildman–Crippen LogP) is 1.33. The van der Waals surface area contributed by atoms with Gasteiger partial charge in [0.2, 0.25) is 5.91 Å². The Bertz CT molecular complexity index is 269. The molecule has 0 heterocycles. The molecule has 0 bridgehead atoms. The highest BCUT2D eigenvalue weighted by Crippen LogP contribution is 2.27. The lowest BCUT2D eigenvalue weighted by atomic mass is 9.82. The molecule has 2 saturated carbocycles. The van der Waals surface area contributed by atoms with Gasteiger partial charge in [0.25, 0.3) is 0 Å². The Morgan fingerprint density at radius 3 is 2.39 bits per heavy atom. The summed E-state index contributed by atoms with van der Waals surface area (Å²) in [6, 6.07) is 0.385. The Hall–Kier alpha value is -0.610. The van der Waals surface area contributed by atoms with Crippen molar-refractivity contribution in [3.8, 4) is 0 Å². The molecule has 0 unspecified atom stereocenters. The van der Waals surface area contributed by atoms with E-state index in [1.165, 1.54) is 19.3 Å². The van der Waals surface area contributed by atoms with E-state index in [4.69, 9.17) is 0 Å². The van der Waals surface area contributed by atoms with E-state index in [0.717, 1.165) is 38.5 Å². The van der Waals surface area contributed by atoms with Gasteiger partial charge >= 0.3 is 0 Å². The van der Waals surface area contributed by atoms with Crippen molar-refractivity contribution in [2.24, 2.45) is 0 Å². The Morgan fingerprint density at radius 2 is 1.78 bits per heavy atom. The minimum absolute atomic E-state index is 0.0836. The molecule has 0 aromatic heterocycles. The van der Waals surface area contributed by atoms with Gasteiger partial charge in [0.15, 0.2) is 0 Å². The van der Waals surface area contributed by atoms with Crippen molar-refractivity contribution < 1.29 is 9.90 Å². The summed E-state index contributed by atoms with van der Waals surface area (Å²) in [7, 11) is 0. The van der Waals surface area contributed by atoms with E-state index in [9.17, 15) is 9.90 Å². The maximum absolute atomic E-state index is 11.8. The van der Waals surface area contributed by atoms with Gasteiger partial charge in [-0.2, -0.15) is 0 Å². The predicted molar refractivity (Wildman–Crippen MR) is 71.3 cm³/mol. The summed E-state index contributed by atoms with van der Waals surface area (Å²) in [6.07, 6.45) is 10.2. The zero-order chi connectivity index (χ0) is 12.8. The summed E-state index contributed by atoms with van der Waals surface area (Å²) in [5.41, 5.74) is -0.203. The van der Waals surface area contributed by atoms with E-state index in [1.807, 2.05) is 0 Å². The van der Waals surface area contributed by atoms with Crippen molar-refractivity contribution >= 4 is 5.91 Å². The zero-order valence-corrected chi connectivity index (χ0v) is 11.2. The lowest BCUT2D eigenvalue weighted by molar-refractivity contribution is -0.121. The van der Waals surface area contributed by atoms with Crippen molar-refractivity contribution in [2.75, 3.05) is 13.2 Å². The van der Waals surface area contributed by atoms with Gasteiger partial charge in [-0.1, -0.05) is 32.1 Å².